The molecule has 2 rings (SSSR count). The first-order chi connectivity index (χ1) is 9.10. The molecule has 5 heteroatoms. The minimum Gasteiger partial charge on any atom is -0.352 e. The van der Waals surface area contributed by atoms with Crippen LogP contribution in [0.3, 0.4) is 0 Å². The van der Waals surface area contributed by atoms with Crippen molar-refractivity contribution in [2.45, 2.75) is 33.2 Å². The van der Waals surface area contributed by atoms with Crippen molar-refractivity contribution < 1.29 is 0 Å². The van der Waals surface area contributed by atoms with Crippen LogP contribution in [0, 0.1) is 6.92 Å². The molecule has 0 bridgehead atoms. The summed E-state index contributed by atoms with van der Waals surface area (Å²) in [6.07, 6.45) is 3.11. The second-order valence-corrected chi connectivity index (χ2v) is 5.11. The molecule has 0 aliphatic heterocycles. The van der Waals surface area contributed by atoms with E-state index in [9.17, 15) is 0 Å². The highest BCUT2D eigenvalue weighted by molar-refractivity contribution is 5.45. The van der Waals surface area contributed by atoms with E-state index in [1.165, 1.54) is 12.0 Å². The maximum Gasteiger partial charge on any atom is 0.243 e. The molecule has 2 aromatic heterocycles. The van der Waals surface area contributed by atoms with Crippen molar-refractivity contribution in [3.05, 3.63) is 23.9 Å². The highest BCUT2D eigenvalue weighted by Crippen LogP contribution is 2.07. The van der Waals surface area contributed by atoms with Crippen LogP contribution in [0.4, 0.5) is 5.95 Å². The number of anilines is 1. The fourth-order valence-electron chi connectivity index (χ4n) is 1.93. The molecule has 0 aliphatic carbocycles. The monoisotopic (exact) mass is 261 g/mol. The number of fused-ring (bicyclic) bond motifs is 1. The second-order valence-electron chi connectivity index (χ2n) is 5.11. The zero-order chi connectivity index (χ0) is 13.8. The van der Waals surface area contributed by atoms with E-state index < -0.39 is 0 Å². The Morgan fingerprint density at radius 3 is 3.00 bits per heavy atom. The topological polar surface area (TPSA) is 45.5 Å². The standard InChI is InChI=1S/C14H23N5/c1-5-12(3)18(4)9-7-15-14-16-13-10-11(2)6-8-19(13)17-14/h6,8,10,12H,5,7,9H2,1-4H3,(H,15,17). The molecule has 0 radical (unpaired) electrons. The first kappa shape index (κ1) is 13.8. The van der Waals surface area contributed by atoms with E-state index in [1.807, 2.05) is 18.3 Å². The number of likely N-dealkylation sites (N-methyl/N-ethyl adjacent to an activating group) is 1. The molecule has 1 unspecified atom stereocenters. The second kappa shape index (κ2) is 6.02. The highest BCUT2D eigenvalue weighted by atomic mass is 15.3. The minimum absolute atomic E-state index is 0.610. The molecule has 2 aromatic rings. The summed E-state index contributed by atoms with van der Waals surface area (Å²) in [7, 11) is 2.15. The Morgan fingerprint density at radius 2 is 2.26 bits per heavy atom. The van der Waals surface area contributed by atoms with Gasteiger partial charge in [0, 0.05) is 25.3 Å². The van der Waals surface area contributed by atoms with Gasteiger partial charge in [-0.3, -0.25) is 0 Å². The van der Waals surface area contributed by atoms with Crippen molar-refractivity contribution >= 4 is 11.6 Å². The summed E-state index contributed by atoms with van der Waals surface area (Å²) in [5.74, 6) is 0.697. The van der Waals surface area contributed by atoms with Gasteiger partial charge in [-0.15, -0.1) is 5.10 Å². The lowest BCUT2D eigenvalue weighted by molar-refractivity contribution is 0.261. The molecule has 0 amide bonds. The van der Waals surface area contributed by atoms with Crippen molar-refractivity contribution in [2.75, 3.05) is 25.5 Å². The van der Waals surface area contributed by atoms with Crippen LogP contribution < -0.4 is 5.32 Å². The molecule has 104 valence electrons. The van der Waals surface area contributed by atoms with E-state index in [1.54, 1.807) is 4.52 Å². The Morgan fingerprint density at radius 1 is 1.47 bits per heavy atom. The molecule has 0 aromatic carbocycles. The molecule has 0 aliphatic rings. The summed E-state index contributed by atoms with van der Waals surface area (Å²) in [5.41, 5.74) is 2.08. The molecular formula is C14H23N5. The van der Waals surface area contributed by atoms with Gasteiger partial charge in [0.2, 0.25) is 5.95 Å². The molecule has 1 N–H and O–H groups in total. The SMILES string of the molecule is CCC(C)N(C)CCNc1nc2cc(C)ccn2n1. The van der Waals surface area contributed by atoms with Crippen LogP contribution in [-0.4, -0.2) is 45.7 Å². The van der Waals surface area contributed by atoms with Gasteiger partial charge in [0.05, 0.1) is 0 Å². The number of hydrogen-bond donors (Lipinski definition) is 1. The summed E-state index contributed by atoms with van der Waals surface area (Å²) in [6, 6.07) is 4.67. The van der Waals surface area contributed by atoms with Crippen LogP contribution >= 0.6 is 0 Å². The number of aromatic nitrogens is 3. The summed E-state index contributed by atoms with van der Waals surface area (Å²) in [5, 5.41) is 7.67. The molecule has 0 fully saturated rings. The quantitative estimate of drug-likeness (QED) is 0.865. The van der Waals surface area contributed by atoms with Gasteiger partial charge in [-0.2, -0.15) is 4.98 Å². The lowest BCUT2D eigenvalue weighted by atomic mass is 10.2. The molecular weight excluding hydrogens is 238 g/mol. The average Bonchev–Trinajstić information content (AvgIpc) is 2.79. The maximum atomic E-state index is 4.46. The van der Waals surface area contributed by atoms with E-state index in [4.69, 9.17) is 0 Å². The van der Waals surface area contributed by atoms with Crippen molar-refractivity contribution in [1.82, 2.24) is 19.5 Å². The molecule has 0 saturated carbocycles. The normalized spacial score (nSPS) is 13.1. The lowest BCUT2D eigenvalue weighted by Gasteiger charge is -2.23. The van der Waals surface area contributed by atoms with Gasteiger partial charge in [0.25, 0.3) is 0 Å². The highest BCUT2D eigenvalue weighted by Gasteiger charge is 2.07. The van der Waals surface area contributed by atoms with Crippen LogP contribution in [0.2, 0.25) is 0 Å². The molecule has 2 heterocycles. The third kappa shape index (κ3) is 3.44. The van der Waals surface area contributed by atoms with E-state index in [0.29, 0.717) is 12.0 Å². The molecule has 19 heavy (non-hydrogen) atoms. The maximum absolute atomic E-state index is 4.46. The summed E-state index contributed by atoms with van der Waals surface area (Å²) in [4.78, 5) is 6.80. The van der Waals surface area contributed by atoms with E-state index in [-0.39, 0.29) is 0 Å². The Kier molecular flexibility index (Phi) is 4.37. The van der Waals surface area contributed by atoms with E-state index in [0.717, 1.165) is 18.7 Å². The number of rotatable bonds is 6. The zero-order valence-electron chi connectivity index (χ0n) is 12.2. The zero-order valence-corrected chi connectivity index (χ0v) is 12.2. The summed E-state index contributed by atoms with van der Waals surface area (Å²) < 4.78 is 1.80. The first-order valence-electron chi connectivity index (χ1n) is 6.87. The van der Waals surface area contributed by atoms with Crippen molar-refractivity contribution in [3.63, 3.8) is 0 Å². The van der Waals surface area contributed by atoms with Gasteiger partial charge in [-0.25, -0.2) is 4.52 Å². The first-order valence-corrected chi connectivity index (χ1v) is 6.87. The third-order valence-corrected chi connectivity index (χ3v) is 3.58. The number of pyridine rings is 1. The van der Waals surface area contributed by atoms with E-state index >= 15 is 0 Å². The molecule has 1 atom stereocenters. The predicted octanol–water partition coefficient (Wildman–Crippen LogP) is 2.18. The van der Waals surface area contributed by atoms with Crippen LogP contribution in [-0.2, 0) is 0 Å². The van der Waals surface area contributed by atoms with Crippen LogP contribution in [0.15, 0.2) is 18.3 Å². The van der Waals surface area contributed by atoms with Gasteiger partial charge in [-0.05, 0) is 45.0 Å². The van der Waals surface area contributed by atoms with Crippen LogP contribution in [0.1, 0.15) is 25.8 Å². The summed E-state index contributed by atoms with van der Waals surface area (Å²) >= 11 is 0. The Labute approximate surface area is 114 Å². The number of hydrogen-bond acceptors (Lipinski definition) is 4. The Bertz CT molecular complexity index is 534. The van der Waals surface area contributed by atoms with Crippen molar-refractivity contribution in [2.24, 2.45) is 0 Å². The Hall–Kier alpha value is -1.62. The fraction of sp³-hybridized carbons (Fsp3) is 0.571. The van der Waals surface area contributed by atoms with Gasteiger partial charge in [0.15, 0.2) is 5.65 Å². The van der Waals surface area contributed by atoms with Gasteiger partial charge >= 0.3 is 0 Å². The van der Waals surface area contributed by atoms with Crippen molar-refractivity contribution in [3.8, 4) is 0 Å². The number of nitrogens with zero attached hydrogens (tertiary/aromatic N) is 4. The Balaban J connectivity index is 1.91. The lowest BCUT2D eigenvalue weighted by Crippen LogP contribution is -2.32. The molecule has 5 nitrogen and oxygen atoms in total. The minimum atomic E-state index is 0.610. The van der Waals surface area contributed by atoms with Gasteiger partial charge < -0.3 is 10.2 Å². The van der Waals surface area contributed by atoms with Crippen molar-refractivity contribution in [1.29, 1.82) is 0 Å². The smallest absolute Gasteiger partial charge is 0.243 e. The largest absolute Gasteiger partial charge is 0.352 e. The average molecular weight is 261 g/mol. The van der Waals surface area contributed by atoms with Gasteiger partial charge in [-0.1, -0.05) is 6.92 Å². The van der Waals surface area contributed by atoms with Crippen LogP contribution in [0.5, 0.6) is 0 Å². The third-order valence-electron chi connectivity index (χ3n) is 3.58. The molecule has 0 saturated heterocycles. The van der Waals surface area contributed by atoms with Gasteiger partial charge in [0.1, 0.15) is 0 Å². The predicted molar refractivity (Wildman–Crippen MR) is 78.6 cm³/mol. The van der Waals surface area contributed by atoms with E-state index in [2.05, 4.69) is 48.1 Å². The number of aryl methyl sites for hydroxylation is 1. The molecule has 0 spiro atoms. The number of nitrogens with one attached hydrogen (secondary N) is 1. The summed E-state index contributed by atoms with van der Waals surface area (Å²) in [6.45, 7) is 8.36. The van der Waals surface area contributed by atoms with Crippen LogP contribution in [0.25, 0.3) is 5.65 Å². The fourth-order valence-corrected chi connectivity index (χ4v) is 1.93.